The zero-order valence-electron chi connectivity index (χ0n) is 14.9. The maximum absolute atomic E-state index is 13.0. The largest absolute Gasteiger partial charge is 0.491 e. The van der Waals surface area contributed by atoms with Crippen molar-refractivity contribution in [1.82, 2.24) is 9.38 Å². The highest BCUT2D eigenvalue weighted by molar-refractivity contribution is 6.30. The molecule has 0 atom stereocenters. The van der Waals surface area contributed by atoms with E-state index in [1.165, 1.54) is 22.7 Å². The number of nitrogens with one attached hydrogen (secondary N) is 1. The molecule has 28 heavy (non-hydrogen) atoms. The molecular weight excluding hydrogens is 395 g/mol. The first-order valence-electron chi connectivity index (χ1n) is 8.53. The van der Waals surface area contributed by atoms with Crippen molar-refractivity contribution in [2.24, 2.45) is 0 Å². The standard InChI is InChI=1S/C19H17ClF3N3O2/c1-2-7-28-16-5-3-12(19(21,22)23)8-15(16)24-10-14-9-18(27)26-11-13(20)4-6-17(26)25-14/h3-6,8-9,11,24H,2,7,10H2,1H3. The molecule has 3 rings (SSSR count). The summed E-state index contributed by atoms with van der Waals surface area (Å²) < 4.78 is 45.9. The second kappa shape index (κ2) is 8.10. The number of ether oxygens (including phenoxy) is 1. The topological polar surface area (TPSA) is 55.6 Å². The van der Waals surface area contributed by atoms with E-state index in [1.807, 2.05) is 6.92 Å². The van der Waals surface area contributed by atoms with Crippen LogP contribution in [0.5, 0.6) is 5.75 Å². The highest BCUT2D eigenvalue weighted by Gasteiger charge is 2.31. The molecule has 148 valence electrons. The molecule has 0 radical (unpaired) electrons. The number of benzene rings is 1. The van der Waals surface area contributed by atoms with Crippen LogP contribution in [0.25, 0.3) is 5.65 Å². The lowest BCUT2D eigenvalue weighted by molar-refractivity contribution is -0.137. The zero-order valence-corrected chi connectivity index (χ0v) is 15.6. The Morgan fingerprint density at radius 3 is 2.71 bits per heavy atom. The highest BCUT2D eigenvalue weighted by atomic mass is 35.5. The predicted molar refractivity (Wildman–Crippen MR) is 101 cm³/mol. The summed E-state index contributed by atoms with van der Waals surface area (Å²) in [6.45, 7) is 2.32. The van der Waals surface area contributed by atoms with Crippen molar-refractivity contribution in [3.8, 4) is 5.75 Å². The van der Waals surface area contributed by atoms with Crippen molar-refractivity contribution in [2.45, 2.75) is 26.1 Å². The van der Waals surface area contributed by atoms with E-state index in [0.29, 0.717) is 35.1 Å². The van der Waals surface area contributed by atoms with Gasteiger partial charge in [0.2, 0.25) is 0 Å². The molecule has 0 bridgehead atoms. The Labute approximate surface area is 163 Å². The van der Waals surface area contributed by atoms with E-state index in [0.717, 1.165) is 12.1 Å². The minimum Gasteiger partial charge on any atom is -0.491 e. The van der Waals surface area contributed by atoms with E-state index < -0.39 is 11.7 Å². The summed E-state index contributed by atoms with van der Waals surface area (Å²) in [5.74, 6) is 0.305. The number of hydrogen-bond donors (Lipinski definition) is 1. The highest BCUT2D eigenvalue weighted by Crippen LogP contribution is 2.35. The van der Waals surface area contributed by atoms with E-state index in [1.54, 1.807) is 12.1 Å². The average molecular weight is 412 g/mol. The Morgan fingerprint density at radius 1 is 1.21 bits per heavy atom. The molecule has 2 heterocycles. The van der Waals surface area contributed by atoms with E-state index in [2.05, 4.69) is 10.3 Å². The fourth-order valence-corrected chi connectivity index (χ4v) is 2.75. The summed E-state index contributed by atoms with van der Waals surface area (Å²) in [5.41, 5.74) is -0.177. The number of anilines is 1. The summed E-state index contributed by atoms with van der Waals surface area (Å²) >= 11 is 5.88. The van der Waals surface area contributed by atoms with Gasteiger partial charge in [0.1, 0.15) is 11.4 Å². The first kappa shape index (κ1) is 20.0. The summed E-state index contributed by atoms with van der Waals surface area (Å²) in [5, 5.41) is 3.29. The maximum atomic E-state index is 13.0. The van der Waals surface area contributed by atoms with Crippen molar-refractivity contribution < 1.29 is 17.9 Å². The number of hydrogen-bond acceptors (Lipinski definition) is 4. The smallest absolute Gasteiger partial charge is 0.416 e. The van der Waals surface area contributed by atoms with Crippen LogP contribution in [0.1, 0.15) is 24.6 Å². The lowest BCUT2D eigenvalue weighted by Crippen LogP contribution is -2.17. The molecule has 5 nitrogen and oxygen atoms in total. The van der Waals surface area contributed by atoms with Crippen molar-refractivity contribution in [2.75, 3.05) is 11.9 Å². The molecule has 9 heteroatoms. The second-order valence-electron chi connectivity index (χ2n) is 6.07. The van der Waals surface area contributed by atoms with Gasteiger partial charge in [0.05, 0.1) is 35.1 Å². The number of nitrogens with zero attached hydrogens (tertiary/aromatic N) is 2. The molecule has 0 unspecified atom stereocenters. The Kier molecular flexibility index (Phi) is 5.79. The Balaban J connectivity index is 1.89. The number of fused-ring (bicyclic) bond motifs is 1. The summed E-state index contributed by atoms with van der Waals surface area (Å²) in [7, 11) is 0. The molecular formula is C19H17ClF3N3O2. The van der Waals surface area contributed by atoms with Crippen LogP contribution in [-0.2, 0) is 12.7 Å². The molecule has 0 aliphatic heterocycles. The molecule has 0 amide bonds. The number of aromatic nitrogens is 2. The van der Waals surface area contributed by atoms with E-state index in [4.69, 9.17) is 16.3 Å². The van der Waals surface area contributed by atoms with Crippen LogP contribution >= 0.6 is 11.6 Å². The van der Waals surface area contributed by atoms with Gasteiger partial charge in [0.25, 0.3) is 5.56 Å². The van der Waals surface area contributed by atoms with Gasteiger partial charge in [-0.3, -0.25) is 9.20 Å². The normalized spacial score (nSPS) is 11.6. The van der Waals surface area contributed by atoms with Crippen molar-refractivity contribution in [3.63, 3.8) is 0 Å². The third-order valence-corrected chi connectivity index (χ3v) is 4.13. The first-order chi connectivity index (χ1) is 13.3. The number of pyridine rings is 1. The average Bonchev–Trinajstić information content (AvgIpc) is 2.64. The van der Waals surface area contributed by atoms with E-state index in [-0.39, 0.29) is 17.8 Å². The molecule has 2 aromatic heterocycles. The third kappa shape index (κ3) is 4.56. The number of alkyl halides is 3. The van der Waals surface area contributed by atoms with Crippen molar-refractivity contribution in [3.05, 3.63) is 69.2 Å². The van der Waals surface area contributed by atoms with Crippen LogP contribution in [0, 0.1) is 0 Å². The third-order valence-electron chi connectivity index (χ3n) is 3.91. The quantitative estimate of drug-likeness (QED) is 0.635. The van der Waals surface area contributed by atoms with Gasteiger partial charge >= 0.3 is 6.18 Å². The molecule has 0 saturated carbocycles. The van der Waals surface area contributed by atoms with Gasteiger partial charge in [-0.15, -0.1) is 0 Å². The maximum Gasteiger partial charge on any atom is 0.416 e. The minimum atomic E-state index is -4.47. The van der Waals surface area contributed by atoms with Crippen LogP contribution in [0.4, 0.5) is 18.9 Å². The molecule has 0 fully saturated rings. The Hall–Kier alpha value is -2.74. The van der Waals surface area contributed by atoms with Gasteiger partial charge in [-0.25, -0.2) is 4.98 Å². The number of halogens is 4. The molecule has 3 aromatic rings. The van der Waals surface area contributed by atoms with Crippen molar-refractivity contribution >= 4 is 22.9 Å². The van der Waals surface area contributed by atoms with Gasteiger partial charge < -0.3 is 10.1 Å². The van der Waals surface area contributed by atoms with E-state index in [9.17, 15) is 18.0 Å². The fraction of sp³-hybridized carbons (Fsp3) is 0.263. The first-order valence-corrected chi connectivity index (χ1v) is 8.91. The predicted octanol–water partition coefficient (Wildman–Crippen LogP) is 4.77. The summed E-state index contributed by atoms with van der Waals surface area (Å²) in [6.07, 6.45) is -2.31. The molecule has 0 aliphatic rings. The van der Waals surface area contributed by atoms with Gasteiger partial charge in [-0.2, -0.15) is 13.2 Å². The van der Waals surface area contributed by atoms with Gasteiger partial charge in [0, 0.05) is 12.3 Å². The zero-order chi connectivity index (χ0) is 20.3. The van der Waals surface area contributed by atoms with Crippen molar-refractivity contribution in [1.29, 1.82) is 0 Å². The van der Waals surface area contributed by atoms with Crippen LogP contribution < -0.4 is 15.6 Å². The van der Waals surface area contributed by atoms with E-state index >= 15 is 0 Å². The van der Waals surface area contributed by atoms with Gasteiger partial charge in [-0.1, -0.05) is 18.5 Å². The Morgan fingerprint density at radius 2 is 2.00 bits per heavy atom. The Bertz CT molecular complexity index is 1050. The van der Waals surface area contributed by atoms with Crippen LogP contribution in [-0.4, -0.2) is 16.0 Å². The molecule has 0 spiro atoms. The van der Waals surface area contributed by atoms with Crippen LogP contribution in [0.3, 0.4) is 0 Å². The van der Waals surface area contributed by atoms with Crippen LogP contribution in [0.15, 0.2) is 47.4 Å². The monoisotopic (exact) mass is 411 g/mol. The molecule has 0 aliphatic carbocycles. The van der Waals surface area contributed by atoms with Gasteiger partial charge in [0.15, 0.2) is 0 Å². The minimum absolute atomic E-state index is 0.0537. The van der Waals surface area contributed by atoms with Crippen LogP contribution in [0.2, 0.25) is 5.02 Å². The molecule has 0 saturated heterocycles. The van der Waals surface area contributed by atoms with Gasteiger partial charge in [-0.05, 0) is 36.8 Å². The summed E-state index contributed by atoms with van der Waals surface area (Å²) in [4.78, 5) is 16.6. The lowest BCUT2D eigenvalue weighted by Gasteiger charge is -2.16. The fourth-order valence-electron chi connectivity index (χ4n) is 2.58. The second-order valence-corrected chi connectivity index (χ2v) is 6.51. The molecule has 1 N–H and O–H groups in total. The molecule has 1 aromatic carbocycles. The SMILES string of the molecule is CCCOc1ccc(C(F)(F)F)cc1NCc1cc(=O)n2cc(Cl)ccc2n1. The lowest BCUT2D eigenvalue weighted by atomic mass is 10.1. The number of rotatable bonds is 6. The summed E-state index contributed by atoms with van der Waals surface area (Å²) in [6, 6.07) is 7.73.